The summed E-state index contributed by atoms with van der Waals surface area (Å²) in [5.74, 6) is 1.00. The van der Waals surface area contributed by atoms with Crippen LogP contribution in [0.5, 0.6) is 0 Å². The molecule has 0 N–H and O–H groups in total. The monoisotopic (exact) mass is 280 g/mol. The zero-order chi connectivity index (χ0) is 13.4. The minimum Gasteiger partial charge on any atom is -0.349 e. The normalized spacial score (nSPS) is 23.5. The van der Waals surface area contributed by atoms with Gasteiger partial charge in [-0.05, 0) is 25.7 Å². The third kappa shape index (κ3) is 2.73. The summed E-state index contributed by atoms with van der Waals surface area (Å²) >= 11 is 1.71. The summed E-state index contributed by atoms with van der Waals surface area (Å²) in [6.07, 6.45) is 4.57. The number of hydrogen-bond donors (Lipinski definition) is 0. The van der Waals surface area contributed by atoms with Crippen molar-refractivity contribution >= 4 is 22.4 Å². The van der Waals surface area contributed by atoms with E-state index < -0.39 is 0 Å². The summed E-state index contributed by atoms with van der Waals surface area (Å²) in [5.41, 5.74) is 0. The Kier molecular flexibility index (Phi) is 3.43. The van der Waals surface area contributed by atoms with Gasteiger partial charge >= 0.3 is 0 Å². The molecule has 1 saturated heterocycles. The number of anilines is 1. The van der Waals surface area contributed by atoms with Gasteiger partial charge in [-0.25, -0.2) is 0 Å². The van der Waals surface area contributed by atoms with Crippen LogP contribution in [-0.2, 0) is 4.79 Å². The topological polar surface area (TPSA) is 49.3 Å². The number of hydrogen-bond acceptors (Lipinski definition) is 5. The maximum atomic E-state index is 12.1. The second kappa shape index (κ2) is 5.07. The molecular formula is C13H20N4OS. The number of amides is 1. The smallest absolute Gasteiger partial charge is 0.226 e. The van der Waals surface area contributed by atoms with Gasteiger partial charge in [0.15, 0.2) is 0 Å². The first-order valence-electron chi connectivity index (χ1n) is 6.94. The van der Waals surface area contributed by atoms with Gasteiger partial charge in [-0.15, -0.1) is 10.2 Å². The third-order valence-electron chi connectivity index (χ3n) is 3.84. The van der Waals surface area contributed by atoms with E-state index in [1.165, 1.54) is 17.8 Å². The van der Waals surface area contributed by atoms with Gasteiger partial charge < -0.3 is 9.80 Å². The Morgan fingerprint density at radius 1 is 1.32 bits per heavy atom. The standard InChI is InChI=1S/C13H20N4OS/c1-16(2)12(18)10-4-3-7-17(8-10)13-15-14-11(19-13)9-5-6-9/h9-10H,3-8H2,1-2H3. The van der Waals surface area contributed by atoms with E-state index in [9.17, 15) is 4.79 Å². The predicted molar refractivity (Wildman–Crippen MR) is 75.5 cm³/mol. The number of piperidine rings is 1. The number of aromatic nitrogens is 2. The molecule has 1 atom stereocenters. The van der Waals surface area contributed by atoms with Gasteiger partial charge in [0.2, 0.25) is 11.0 Å². The fourth-order valence-electron chi connectivity index (χ4n) is 2.57. The lowest BCUT2D eigenvalue weighted by Gasteiger charge is -2.32. The Balaban J connectivity index is 1.68. The highest BCUT2D eigenvalue weighted by atomic mass is 32.1. The Hall–Kier alpha value is -1.17. The van der Waals surface area contributed by atoms with Gasteiger partial charge in [-0.1, -0.05) is 11.3 Å². The van der Waals surface area contributed by atoms with E-state index in [1.807, 2.05) is 14.1 Å². The molecule has 5 nitrogen and oxygen atoms in total. The highest BCUT2D eigenvalue weighted by molar-refractivity contribution is 7.15. The fraction of sp³-hybridized carbons (Fsp3) is 0.769. The van der Waals surface area contributed by atoms with Crippen LogP contribution >= 0.6 is 11.3 Å². The van der Waals surface area contributed by atoms with Crippen molar-refractivity contribution in [1.29, 1.82) is 0 Å². The number of nitrogens with zero attached hydrogens (tertiary/aromatic N) is 4. The van der Waals surface area contributed by atoms with Crippen molar-refractivity contribution < 1.29 is 4.79 Å². The Bertz CT molecular complexity index is 469. The van der Waals surface area contributed by atoms with E-state index in [0.717, 1.165) is 31.1 Å². The van der Waals surface area contributed by atoms with Crippen LogP contribution < -0.4 is 4.90 Å². The summed E-state index contributed by atoms with van der Waals surface area (Å²) in [7, 11) is 3.66. The van der Waals surface area contributed by atoms with Crippen LogP contribution in [0.2, 0.25) is 0 Å². The minimum atomic E-state index is 0.108. The lowest BCUT2D eigenvalue weighted by atomic mass is 9.97. The molecule has 1 amide bonds. The molecule has 0 spiro atoms. The van der Waals surface area contributed by atoms with Crippen LogP contribution in [0.15, 0.2) is 0 Å². The molecular weight excluding hydrogens is 260 g/mol. The average molecular weight is 280 g/mol. The van der Waals surface area contributed by atoms with E-state index in [4.69, 9.17) is 0 Å². The molecule has 1 saturated carbocycles. The van der Waals surface area contributed by atoms with Crippen LogP contribution in [0.4, 0.5) is 5.13 Å². The minimum absolute atomic E-state index is 0.108. The van der Waals surface area contributed by atoms with Crippen LogP contribution in [0.1, 0.15) is 36.6 Å². The molecule has 2 aliphatic rings. The van der Waals surface area contributed by atoms with Gasteiger partial charge in [-0.2, -0.15) is 0 Å². The largest absolute Gasteiger partial charge is 0.349 e. The van der Waals surface area contributed by atoms with E-state index in [-0.39, 0.29) is 11.8 Å². The molecule has 104 valence electrons. The highest BCUT2D eigenvalue weighted by Crippen LogP contribution is 2.42. The molecule has 1 aromatic heterocycles. The molecule has 19 heavy (non-hydrogen) atoms. The maximum Gasteiger partial charge on any atom is 0.226 e. The zero-order valence-electron chi connectivity index (χ0n) is 11.5. The summed E-state index contributed by atoms with van der Waals surface area (Å²) in [4.78, 5) is 16.0. The molecule has 1 aromatic rings. The highest BCUT2D eigenvalue weighted by Gasteiger charge is 2.31. The molecule has 1 aliphatic heterocycles. The van der Waals surface area contributed by atoms with Crippen molar-refractivity contribution in [2.45, 2.75) is 31.6 Å². The Morgan fingerprint density at radius 2 is 2.11 bits per heavy atom. The molecule has 0 aromatic carbocycles. The van der Waals surface area contributed by atoms with Crippen molar-refractivity contribution in [3.8, 4) is 0 Å². The molecule has 0 bridgehead atoms. The number of carbonyl (C=O) groups excluding carboxylic acids is 1. The van der Waals surface area contributed by atoms with Crippen molar-refractivity contribution in [3.05, 3.63) is 5.01 Å². The van der Waals surface area contributed by atoms with E-state index in [2.05, 4.69) is 15.1 Å². The number of carbonyl (C=O) groups is 1. The lowest BCUT2D eigenvalue weighted by Crippen LogP contribution is -2.42. The van der Waals surface area contributed by atoms with Crippen LogP contribution in [0.3, 0.4) is 0 Å². The average Bonchev–Trinajstić information content (AvgIpc) is 3.15. The Labute approximate surface area is 117 Å². The van der Waals surface area contributed by atoms with Crippen molar-refractivity contribution in [2.24, 2.45) is 5.92 Å². The fourth-order valence-corrected chi connectivity index (χ4v) is 3.61. The SMILES string of the molecule is CN(C)C(=O)C1CCCN(c2nnc(C3CC3)s2)C1. The molecule has 3 rings (SSSR count). The first kappa shape index (κ1) is 12.8. The third-order valence-corrected chi connectivity index (χ3v) is 4.99. The van der Waals surface area contributed by atoms with Gasteiger partial charge in [0.1, 0.15) is 5.01 Å². The summed E-state index contributed by atoms with van der Waals surface area (Å²) in [5, 5.41) is 10.8. The maximum absolute atomic E-state index is 12.1. The summed E-state index contributed by atoms with van der Waals surface area (Å²) in [6, 6.07) is 0. The summed E-state index contributed by atoms with van der Waals surface area (Å²) in [6.45, 7) is 1.78. The van der Waals surface area contributed by atoms with Crippen molar-refractivity contribution in [3.63, 3.8) is 0 Å². The first-order chi connectivity index (χ1) is 9.15. The number of rotatable bonds is 3. The van der Waals surface area contributed by atoms with Gasteiger partial charge in [0.05, 0.1) is 5.92 Å². The molecule has 1 unspecified atom stereocenters. The molecule has 6 heteroatoms. The van der Waals surface area contributed by atoms with Crippen LogP contribution in [0, 0.1) is 5.92 Å². The molecule has 2 heterocycles. The second-order valence-corrected chi connectivity index (χ2v) is 6.70. The predicted octanol–water partition coefficient (Wildman–Crippen LogP) is 1.72. The second-order valence-electron chi connectivity index (χ2n) is 5.71. The molecule has 2 fully saturated rings. The van der Waals surface area contributed by atoms with Crippen LogP contribution in [-0.4, -0.2) is 48.2 Å². The van der Waals surface area contributed by atoms with Crippen LogP contribution in [0.25, 0.3) is 0 Å². The lowest BCUT2D eigenvalue weighted by molar-refractivity contribution is -0.133. The molecule has 1 aliphatic carbocycles. The van der Waals surface area contributed by atoms with Crippen molar-refractivity contribution in [2.75, 3.05) is 32.1 Å². The summed E-state index contributed by atoms with van der Waals surface area (Å²) < 4.78 is 0. The quantitative estimate of drug-likeness (QED) is 0.846. The van der Waals surface area contributed by atoms with E-state index in [0.29, 0.717) is 5.92 Å². The molecule has 0 radical (unpaired) electrons. The Morgan fingerprint density at radius 3 is 2.79 bits per heavy atom. The van der Waals surface area contributed by atoms with Gasteiger partial charge in [0.25, 0.3) is 0 Å². The van der Waals surface area contributed by atoms with E-state index in [1.54, 1.807) is 16.2 Å². The zero-order valence-corrected chi connectivity index (χ0v) is 12.3. The van der Waals surface area contributed by atoms with Crippen molar-refractivity contribution in [1.82, 2.24) is 15.1 Å². The van der Waals surface area contributed by atoms with E-state index >= 15 is 0 Å². The van der Waals surface area contributed by atoms with Gasteiger partial charge in [-0.3, -0.25) is 4.79 Å². The first-order valence-corrected chi connectivity index (χ1v) is 7.76. The van der Waals surface area contributed by atoms with Gasteiger partial charge in [0, 0.05) is 33.1 Å².